The molecule has 7 heteroatoms. The highest BCUT2D eigenvalue weighted by Crippen LogP contribution is 2.26. The van der Waals surface area contributed by atoms with Gasteiger partial charge in [0.1, 0.15) is 11.9 Å². The predicted octanol–water partition coefficient (Wildman–Crippen LogP) is 2.02. The second-order valence-electron chi connectivity index (χ2n) is 7.25. The first-order chi connectivity index (χ1) is 12.5. The number of hydrogen-bond donors (Lipinski definition) is 1. The number of urea groups is 1. The van der Waals surface area contributed by atoms with Crippen LogP contribution in [0.3, 0.4) is 0 Å². The number of benzene rings is 1. The summed E-state index contributed by atoms with van der Waals surface area (Å²) >= 11 is 0. The molecule has 2 aliphatic heterocycles. The molecule has 3 rings (SSSR count). The van der Waals surface area contributed by atoms with Crippen molar-refractivity contribution in [2.24, 2.45) is 0 Å². The van der Waals surface area contributed by atoms with Gasteiger partial charge in [0.2, 0.25) is 0 Å². The average Bonchev–Trinajstić information content (AvgIpc) is 2.67. The molecule has 0 saturated carbocycles. The molecule has 0 radical (unpaired) electrons. The van der Waals surface area contributed by atoms with E-state index in [2.05, 4.69) is 10.2 Å². The van der Waals surface area contributed by atoms with Crippen molar-refractivity contribution in [2.75, 3.05) is 53.6 Å². The zero-order chi connectivity index (χ0) is 18.6. The van der Waals surface area contributed by atoms with Gasteiger partial charge in [0.15, 0.2) is 0 Å². The highest BCUT2D eigenvalue weighted by molar-refractivity contribution is 5.74. The lowest BCUT2D eigenvalue weighted by Crippen LogP contribution is -2.58. The van der Waals surface area contributed by atoms with Gasteiger partial charge in [-0.2, -0.15) is 0 Å². The number of halogens is 1. The van der Waals surface area contributed by atoms with Crippen molar-refractivity contribution >= 4 is 6.03 Å². The van der Waals surface area contributed by atoms with Crippen LogP contribution in [0.5, 0.6) is 0 Å². The van der Waals surface area contributed by atoms with Crippen molar-refractivity contribution in [1.29, 1.82) is 0 Å². The monoisotopic (exact) mass is 365 g/mol. The van der Waals surface area contributed by atoms with Crippen LogP contribution in [-0.4, -0.2) is 74.9 Å². The molecule has 0 bridgehead atoms. The third kappa shape index (κ3) is 4.34. The lowest BCUT2D eigenvalue weighted by Gasteiger charge is -2.43. The smallest absolute Gasteiger partial charge is 0.317 e. The first kappa shape index (κ1) is 19.1. The zero-order valence-corrected chi connectivity index (χ0v) is 15.5. The molecule has 2 amide bonds. The largest absolute Gasteiger partial charge is 0.381 e. The first-order valence-corrected chi connectivity index (χ1v) is 9.15. The number of morpholine rings is 1. The summed E-state index contributed by atoms with van der Waals surface area (Å²) in [5.41, 5.74) is 0.694. The Morgan fingerprint density at radius 1 is 1.35 bits per heavy atom. The molecule has 1 aromatic carbocycles. The summed E-state index contributed by atoms with van der Waals surface area (Å²) in [6.45, 7) is 3.43. The van der Waals surface area contributed by atoms with E-state index >= 15 is 0 Å². The highest BCUT2D eigenvalue weighted by Gasteiger charge is 2.36. The van der Waals surface area contributed by atoms with Gasteiger partial charge in [-0.25, -0.2) is 9.18 Å². The molecule has 1 atom stereocenters. The van der Waals surface area contributed by atoms with Crippen molar-refractivity contribution < 1.29 is 18.7 Å². The number of carbonyl (C=O) groups excluding carboxylic acids is 1. The molecular formula is C19H28FN3O3. The summed E-state index contributed by atoms with van der Waals surface area (Å²) in [6.07, 6.45) is 1.50. The summed E-state index contributed by atoms with van der Waals surface area (Å²) in [6, 6.07) is 6.28. The van der Waals surface area contributed by atoms with Gasteiger partial charge < -0.3 is 24.6 Å². The van der Waals surface area contributed by atoms with Gasteiger partial charge >= 0.3 is 6.03 Å². The van der Waals surface area contributed by atoms with E-state index in [1.807, 2.05) is 20.2 Å². The second kappa shape index (κ2) is 8.33. The van der Waals surface area contributed by atoms with Crippen LogP contribution < -0.4 is 5.32 Å². The minimum absolute atomic E-state index is 0.0673. The van der Waals surface area contributed by atoms with Gasteiger partial charge in [-0.3, -0.25) is 0 Å². The Morgan fingerprint density at radius 3 is 2.81 bits per heavy atom. The Bertz CT molecular complexity index is 620. The SMILES string of the molecule is CN(C)C1(CNC(=O)N2CCOC(c3cccc(F)c3)C2)CCOCC1. The quantitative estimate of drug-likeness (QED) is 0.887. The van der Waals surface area contributed by atoms with Crippen LogP contribution >= 0.6 is 0 Å². The maximum Gasteiger partial charge on any atom is 0.317 e. The highest BCUT2D eigenvalue weighted by atomic mass is 19.1. The lowest BCUT2D eigenvalue weighted by atomic mass is 9.88. The van der Waals surface area contributed by atoms with Crippen LogP contribution in [0.4, 0.5) is 9.18 Å². The fourth-order valence-corrected chi connectivity index (χ4v) is 3.63. The number of amides is 2. The molecule has 1 unspecified atom stereocenters. The third-order valence-electron chi connectivity index (χ3n) is 5.51. The Labute approximate surface area is 154 Å². The molecule has 0 aliphatic carbocycles. The predicted molar refractivity (Wildman–Crippen MR) is 96.5 cm³/mol. The van der Waals surface area contributed by atoms with Gasteiger partial charge in [-0.1, -0.05) is 12.1 Å². The average molecular weight is 365 g/mol. The number of carbonyl (C=O) groups is 1. The maximum absolute atomic E-state index is 13.5. The fourth-order valence-electron chi connectivity index (χ4n) is 3.63. The second-order valence-corrected chi connectivity index (χ2v) is 7.25. The fraction of sp³-hybridized carbons (Fsp3) is 0.632. The molecule has 1 aromatic rings. The van der Waals surface area contributed by atoms with E-state index in [1.165, 1.54) is 12.1 Å². The summed E-state index contributed by atoms with van der Waals surface area (Å²) in [7, 11) is 4.10. The van der Waals surface area contributed by atoms with Crippen molar-refractivity contribution in [3.63, 3.8) is 0 Å². The zero-order valence-electron chi connectivity index (χ0n) is 15.5. The van der Waals surface area contributed by atoms with Crippen LogP contribution in [0, 0.1) is 5.82 Å². The van der Waals surface area contributed by atoms with Gasteiger partial charge in [-0.15, -0.1) is 0 Å². The normalized spacial score (nSPS) is 23.1. The topological polar surface area (TPSA) is 54.0 Å². The Balaban J connectivity index is 1.59. The molecule has 144 valence electrons. The van der Waals surface area contributed by atoms with Crippen molar-refractivity contribution in [2.45, 2.75) is 24.5 Å². The molecule has 2 aliphatic rings. The van der Waals surface area contributed by atoms with E-state index < -0.39 is 0 Å². The Kier molecular flexibility index (Phi) is 6.11. The van der Waals surface area contributed by atoms with E-state index in [-0.39, 0.29) is 23.5 Å². The number of nitrogens with zero attached hydrogens (tertiary/aromatic N) is 2. The molecule has 2 saturated heterocycles. The molecule has 1 N–H and O–H groups in total. The van der Waals surface area contributed by atoms with Crippen LogP contribution in [0.25, 0.3) is 0 Å². The minimum atomic E-state index is -0.295. The molecular weight excluding hydrogens is 337 g/mol. The molecule has 0 aromatic heterocycles. The van der Waals surface area contributed by atoms with Gasteiger partial charge in [0.05, 0.1) is 13.2 Å². The van der Waals surface area contributed by atoms with Crippen LogP contribution in [-0.2, 0) is 9.47 Å². The lowest BCUT2D eigenvalue weighted by molar-refractivity contribution is -0.0197. The van der Waals surface area contributed by atoms with E-state index in [4.69, 9.17) is 9.47 Å². The standard InChI is InChI=1S/C19H28FN3O3/c1-22(2)19(6-9-25-10-7-19)14-21-18(24)23-8-11-26-17(13-23)15-4-3-5-16(20)12-15/h3-5,12,17H,6-11,13-14H2,1-2H3,(H,21,24). The Hall–Kier alpha value is -1.70. The molecule has 2 heterocycles. The van der Waals surface area contributed by atoms with Gasteiger partial charge in [-0.05, 0) is 44.6 Å². The summed E-state index contributed by atoms with van der Waals surface area (Å²) in [5.74, 6) is -0.292. The molecule has 6 nitrogen and oxygen atoms in total. The van der Waals surface area contributed by atoms with Crippen molar-refractivity contribution in [1.82, 2.24) is 15.1 Å². The number of rotatable bonds is 4. The van der Waals surface area contributed by atoms with Gasteiger partial charge in [0, 0.05) is 31.8 Å². The summed E-state index contributed by atoms with van der Waals surface area (Å²) in [4.78, 5) is 16.6. The number of ether oxygens (including phenoxy) is 2. The van der Waals surface area contributed by atoms with E-state index in [9.17, 15) is 9.18 Å². The van der Waals surface area contributed by atoms with E-state index in [1.54, 1.807) is 11.0 Å². The number of hydrogen-bond acceptors (Lipinski definition) is 4. The number of likely N-dealkylation sites (N-methyl/N-ethyl adjacent to an activating group) is 1. The first-order valence-electron chi connectivity index (χ1n) is 9.15. The van der Waals surface area contributed by atoms with Crippen LogP contribution in [0.15, 0.2) is 24.3 Å². The Morgan fingerprint density at radius 2 is 2.12 bits per heavy atom. The van der Waals surface area contributed by atoms with Gasteiger partial charge in [0.25, 0.3) is 0 Å². The number of nitrogens with one attached hydrogen (secondary N) is 1. The van der Waals surface area contributed by atoms with E-state index in [0.29, 0.717) is 39.5 Å². The molecule has 0 spiro atoms. The van der Waals surface area contributed by atoms with Crippen molar-refractivity contribution in [3.8, 4) is 0 Å². The van der Waals surface area contributed by atoms with E-state index in [0.717, 1.165) is 18.4 Å². The van der Waals surface area contributed by atoms with Crippen LogP contribution in [0.2, 0.25) is 0 Å². The molecule has 2 fully saturated rings. The van der Waals surface area contributed by atoms with Crippen molar-refractivity contribution in [3.05, 3.63) is 35.6 Å². The summed E-state index contributed by atoms with van der Waals surface area (Å²) < 4.78 is 24.7. The van der Waals surface area contributed by atoms with Crippen LogP contribution in [0.1, 0.15) is 24.5 Å². The summed E-state index contributed by atoms with van der Waals surface area (Å²) in [5, 5.41) is 3.09. The molecule has 26 heavy (non-hydrogen) atoms. The maximum atomic E-state index is 13.5. The third-order valence-corrected chi connectivity index (χ3v) is 5.51. The minimum Gasteiger partial charge on any atom is -0.381 e.